The summed E-state index contributed by atoms with van der Waals surface area (Å²) in [6.45, 7) is 4.75. The van der Waals surface area contributed by atoms with Crippen LogP contribution in [-0.2, 0) is 0 Å². The lowest BCUT2D eigenvalue weighted by Crippen LogP contribution is -2.22. The molecule has 96 valence electrons. The Balaban J connectivity index is 2.44. The molecule has 1 unspecified atom stereocenters. The molecule has 2 rings (SSSR count). The Morgan fingerprint density at radius 1 is 1.33 bits per heavy atom. The Morgan fingerprint density at radius 2 is 2.11 bits per heavy atom. The molecule has 0 bridgehead atoms. The van der Waals surface area contributed by atoms with E-state index in [1.165, 1.54) is 17.4 Å². The molecule has 4 heteroatoms. The number of halogens is 2. The van der Waals surface area contributed by atoms with E-state index in [4.69, 9.17) is 11.6 Å². The maximum absolute atomic E-state index is 14.0. The zero-order valence-corrected chi connectivity index (χ0v) is 11.9. The van der Waals surface area contributed by atoms with Crippen molar-refractivity contribution in [2.45, 2.75) is 19.9 Å². The van der Waals surface area contributed by atoms with E-state index in [0.29, 0.717) is 5.56 Å². The van der Waals surface area contributed by atoms with Gasteiger partial charge in [0.1, 0.15) is 5.82 Å². The van der Waals surface area contributed by atoms with Gasteiger partial charge in [-0.25, -0.2) is 4.39 Å². The number of nitrogens with one attached hydrogen (secondary N) is 1. The summed E-state index contributed by atoms with van der Waals surface area (Å²) < 4.78 is 14.7. The van der Waals surface area contributed by atoms with E-state index in [2.05, 4.69) is 5.32 Å². The monoisotopic (exact) mass is 283 g/mol. The van der Waals surface area contributed by atoms with Gasteiger partial charge in [-0.2, -0.15) is 0 Å². The summed E-state index contributed by atoms with van der Waals surface area (Å²) in [7, 11) is 0. The molecule has 0 aliphatic heterocycles. The van der Waals surface area contributed by atoms with Gasteiger partial charge in [0.25, 0.3) is 0 Å². The van der Waals surface area contributed by atoms with E-state index in [0.717, 1.165) is 21.3 Å². The molecule has 18 heavy (non-hydrogen) atoms. The summed E-state index contributed by atoms with van der Waals surface area (Å²) in [6.07, 6.45) is 0. The minimum atomic E-state index is -0.184. The SMILES string of the molecule is CCNC(c1ccc(Cl)s1)c1cc(C)ccc1F. The molecule has 0 aliphatic rings. The number of hydrogen-bond donors (Lipinski definition) is 1. The Hall–Kier alpha value is -0.900. The van der Waals surface area contributed by atoms with Crippen molar-refractivity contribution in [2.24, 2.45) is 0 Å². The van der Waals surface area contributed by atoms with Crippen LogP contribution in [0, 0.1) is 12.7 Å². The molecule has 0 saturated heterocycles. The summed E-state index contributed by atoms with van der Waals surface area (Å²) in [5.41, 5.74) is 1.73. The quantitative estimate of drug-likeness (QED) is 0.868. The molecule has 1 aromatic carbocycles. The van der Waals surface area contributed by atoms with Crippen LogP contribution in [-0.4, -0.2) is 6.54 Å². The van der Waals surface area contributed by atoms with Crippen molar-refractivity contribution in [1.29, 1.82) is 0 Å². The van der Waals surface area contributed by atoms with Crippen molar-refractivity contribution in [3.63, 3.8) is 0 Å². The Bertz CT molecular complexity index is 538. The van der Waals surface area contributed by atoms with E-state index >= 15 is 0 Å². The average Bonchev–Trinajstić information content (AvgIpc) is 2.76. The van der Waals surface area contributed by atoms with Gasteiger partial charge in [-0.1, -0.05) is 36.2 Å². The lowest BCUT2D eigenvalue weighted by Gasteiger charge is -2.18. The Kier molecular flexibility index (Phi) is 4.38. The van der Waals surface area contributed by atoms with Crippen molar-refractivity contribution >= 4 is 22.9 Å². The molecule has 0 aliphatic carbocycles. The second-order valence-electron chi connectivity index (χ2n) is 4.16. The second-order valence-corrected chi connectivity index (χ2v) is 5.90. The van der Waals surface area contributed by atoms with Crippen LogP contribution < -0.4 is 5.32 Å². The molecule has 0 spiro atoms. The predicted octanol–water partition coefficient (Wildman–Crippen LogP) is 4.55. The highest BCUT2D eigenvalue weighted by Gasteiger charge is 2.18. The number of rotatable bonds is 4. The van der Waals surface area contributed by atoms with Gasteiger partial charge in [0, 0.05) is 10.4 Å². The zero-order valence-electron chi connectivity index (χ0n) is 10.3. The van der Waals surface area contributed by atoms with E-state index in [-0.39, 0.29) is 11.9 Å². The fraction of sp³-hybridized carbons (Fsp3) is 0.286. The summed E-state index contributed by atoms with van der Waals surface area (Å²) >= 11 is 7.44. The van der Waals surface area contributed by atoms with Gasteiger partial charge < -0.3 is 5.32 Å². The maximum Gasteiger partial charge on any atom is 0.128 e. The number of hydrogen-bond acceptors (Lipinski definition) is 2. The third-order valence-electron chi connectivity index (χ3n) is 2.75. The topological polar surface area (TPSA) is 12.0 Å². The number of thiophene rings is 1. The third-order valence-corrected chi connectivity index (χ3v) is 4.05. The van der Waals surface area contributed by atoms with E-state index in [1.54, 1.807) is 6.07 Å². The Labute approximate surface area is 116 Å². The van der Waals surface area contributed by atoms with Crippen LogP contribution in [0.2, 0.25) is 4.34 Å². The largest absolute Gasteiger partial charge is 0.306 e. The molecule has 1 aromatic heterocycles. The number of benzene rings is 1. The highest BCUT2D eigenvalue weighted by Crippen LogP contribution is 2.32. The summed E-state index contributed by atoms with van der Waals surface area (Å²) in [5, 5.41) is 3.31. The summed E-state index contributed by atoms with van der Waals surface area (Å²) in [6, 6.07) is 8.85. The number of aryl methyl sites for hydroxylation is 1. The maximum atomic E-state index is 14.0. The van der Waals surface area contributed by atoms with Crippen molar-refractivity contribution in [3.05, 3.63) is 56.5 Å². The normalized spacial score (nSPS) is 12.7. The molecule has 1 N–H and O–H groups in total. The van der Waals surface area contributed by atoms with Gasteiger partial charge in [-0.15, -0.1) is 11.3 Å². The highest BCUT2D eigenvalue weighted by molar-refractivity contribution is 7.16. The highest BCUT2D eigenvalue weighted by atomic mass is 35.5. The average molecular weight is 284 g/mol. The van der Waals surface area contributed by atoms with Crippen molar-refractivity contribution in [1.82, 2.24) is 5.32 Å². The molecule has 1 heterocycles. The first-order valence-electron chi connectivity index (χ1n) is 5.86. The molecule has 1 atom stereocenters. The Morgan fingerprint density at radius 3 is 2.72 bits per heavy atom. The van der Waals surface area contributed by atoms with Crippen LogP contribution in [0.15, 0.2) is 30.3 Å². The third kappa shape index (κ3) is 2.91. The van der Waals surface area contributed by atoms with Crippen LogP contribution in [0.25, 0.3) is 0 Å². The molecule has 0 radical (unpaired) electrons. The van der Waals surface area contributed by atoms with E-state index in [1.807, 2.05) is 32.0 Å². The lowest BCUT2D eigenvalue weighted by molar-refractivity contribution is 0.562. The van der Waals surface area contributed by atoms with Crippen LogP contribution in [0.5, 0.6) is 0 Å². The minimum Gasteiger partial charge on any atom is -0.306 e. The molecular weight excluding hydrogens is 269 g/mol. The van der Waals surface area contributed by atoms with Crippen molar-refractivity contribution in [2.75, 3.05) is 6.54 Å². The molecule has 1 nitrogen and oxygen atoms in total. The molecular formula is C14H15ClFNS. The van der Waals surface area contributed by atoms with Gasteiger partial charge in [0.15, 0.2) is 0 Å². The van der Waals surface area contributed by atoms with Gasteiger partial charge >= 0.3 is 0 Å². The standard InChI is InChI=1S/C14H15ClFNS/c1-3-17-14(12-6-7-13(15)18-12)10-8-9(2)4-5-11(10)16/h4-8,14,17H,3H2,1-2H3. The molecule has 0 fully saturated rings. The van der Waals surface area contributed by atoms with E-state index in [9.17, 15) is 4.39 Å². The summed E-state index contributed by atoms with van der Waals surface area (Å²) in [5.74, 6) is -0.184. The summed E-state index contributed by atoms with van der Waals surface area (Å²) in [4.78, 5) is 1.03. The fourth-order valence-corrected chi connectivity index (χ4v) is 3.09. The minimum absolute atomic E-state index is 0.132. The zero-order chi connectivity index (χ0) is 13.1. The fourth-order valence-electron chi connectivity index (χ4n) is 1.94. The van der Waals surface area contributed by atoms with Gasteiger partial charge in [-0.05, 0) is 31.7 Å². The predicted molar refractivity (Wildman–Crippen MR) is 76.0 cm³/mol. The van der Waals surface area contributed by atoms with Crippen molar-refractivity contribution in [3.8, 4) is 0 Å². The first kappa shape index (κ1) is 13.5. The molecule has 2 aromatic rings. The van der Waals surface area contributed by atoms with E-state index < -0.39 is 0 Å². The lowest BCUT2D eigenvalue weighted by atomic mass is 10.0. The van der Waals surface area contributed by atoms with Crippen molar-refractivity contribution < 1.29 is 4.39 Å². The smallest absolute Gasteiger partial charge is 0.128 e. The van der Waals surface area contributed by atoms with Gasteiger partial charge in [-0.3, -0.25) is 0 Å². The van der Waals surface area contributed by atoms with Crippen LogP contribution in [0.1, 0.15) is 29.0 Å². The first-order valence-corrected chi connectivity index (χ1v) is 7.06. The van der Waals surface area contributed by atoms with Crippen LogP contribution in [0.3, 0.4) is 0 Å². The molecule has 0 saturated carbocycles. The van der Waals surface area contributed by atoms with Crippen LogP contribution >= 0.6 is 22.9 Å². The van der Waals surface area contributed by atoms with Crippen LogP contribution in [0.4, 0.5) is 4.39 Å². The van der Waals surface area contributed by atoms with Gasteiger partial charge in [0.2, 0.25) is 0 Å². The first-order chi connectivity index (χ1) is 8.61. The van der Waals surface area contributed by atoms with Gasteiger partial charge in [0.05, 0.1) is 10.4 Å². The molecule has 0 amide bonds. The second kappa shape index (κ2) is 5.83.